The third-order valence-electron chi connectivity index (χ3n) is 6.55. The van der Waals surface area contributed by atoms with Crippen LogP contribution in [0.1, 0.15) is 115 Å². The Morgan fingerprint density at radius 2 is 1.12 bits per heavy atom. The molecule has 2 aromatic carbocycles. The minimum Gasteiger partial charge on any atom is -0.870 e. The van der Waals surface area contributed by atoms with Crippen LogP contribution in [0.5, 0.6) is 0 Å². The Morgan fingerprint density at radius 3 is 1.62 bits per heavy atom. The first-order valence-corrected chi connectivity index (χ1v) is 14.4. The second-order valence-corrected chi connectivity index (χ2v) is 10.6. The molecular weight excluding hydrogens is 570 g/mol. The summed E-state index contributed by atoms with van der Waals surface area (Å²) in [5, 5.41) is 2.07. The van der Waals surface area contributed by atoms with Gasteiger partial charge >= 0.3 is 48.9 Å². The molecule has 2 rings (SSSR count). The Bertz CT molecular complexity index is 912. The van der Waals surface area contributed by atoms with Crippen LogP contribution in [0.4, 0.5) is 0 Å². The molecule has 0 fully saturated rings. The Labute approximate surface area is 248 Å². The van der Waals surface area contributed by atoms with Crippen molar-refractivity contribution in [2.45, 2.75) is 121 Å². The molecule has 0 unspecified atom stereocenters. The molecule has 0 aliphatic carbocycles. The molecule has 0 radical (unpaired) electrons. The predicted molar refractivity (Wildman–Crippen MR) is 143 cm³/mol. The van der Waals surface area contributed by atoms with E-state index in [2.05, 4.69) is 19.9 Å². The van der Waals surface area contributed by atoms with Crippen LogP contribution in [-0.4, -0.2) is 67.3 Å². The van der Waals surface area contributed by atoms with Crippen molar-refractivity contribution in [3.63, 3.8) is 0 Å². The second-order valence-electron chi connectivity index (χ2n) is 9.25. The molecule has 2 aromatic rings. The van der Waals surface area contributed by atoms with Gasteiger partial charge in [0.05, 0.1) is 4.90 Å². The van der Waals surface area contributed by atoms with Crippen molar-refractivity contribution < 1.29 is 18.4 Å². The number of unbranched alkanes of at least 4 members (excludes halogenated alkanes) is 12. The summed E-state index contributed by atoms with van der Waals surface area (Å²) in [6.45, 7) is 4.44. The summed E-state index contributed by atoms with van der Waals surface area (Å²) >= 11 is 0. The van der Waals surface area contributed by atoms with Gasteiger partial charge in [0, 0.05) is 0 Å². The number of hydrogen-bond acceptors (Lipinski definition) is 4. The van der Waals surface area contributed by atoms with Crippen LogP contribution in [0, 0.1) is 0 Å². The third-order valence-corrected chi connectivity index (χ3v) is 7.45. The van der Waals surface area contributed by atoms with Crippen LogP contribution >= 0.6 is 0 Å². The van der Waals surface area contributed by atoms with E-state index >= 15 is 0 Å². The topological polar surface area (TPSA) is 87.2 Å². The molecule has 0 amide bonds. The minimum absolute atomic E-state index is 0. The van der Waals surface area contributed by atoms with Crippen molar-refractivity contribution in [1.82, 2.24) is 0 Å². The van der Waals surface area contributed by atoms with Crippen LogP contribution in [-0.2, 0) is 23.0 Å². The SMILES string of the molecule is CCCCCCCCCc1cc(S(=O)(=O)[O-])c(CCCCCCCCC)c2ccccc12.[Ba+2].[OH-]. The molecule has 0 saturated heterocycles. The zero-order valence-corrected chi connectivity index (χ0v) is 26.7. The average molecular weight is 614 g/mol. The zero-order chi connectivity index (χ0) is 23.2. The standard InChI is InChI=1S/C28H44O3S.Ba.H2O/c1-3-5-7-9-11-13-15-19-24-23-28(32(29,30)31)27(26-21-18-17-20-25(24)26)22-16-14-12-10-8-6-4-2;;/h17-18,20-21,23H,3-16,19,22H2,1-2H3,(H,29,30,31);;1H2/q;+2;/p-2. The molecular formula is C28H44BaO4S. The number of benzene rings is 2. The van der Waals surface area contributed by atoms with E-state index < -0.39 is 10.1 Å². The van der Waals surface area contributed by atoms with E-state index in [-0.39, 0.29) is 59.3 Å². The summed E-state index contributed by atoms with van der Waals surface area (Å²) in [4.78, 5) is 0.0140. The first kappa shape index (κ1) is 34.1. The van der Waals surface area contributed by atoms with Gasteiger partial charge in [0.25, 0.3) is 0 Å². The van der Waals surface area contributed by atoms with Crippen LogP contribution < -0.4 is 0 Å². The fraction of sp³-hybridized carbons (Fsp3) is 0.643. The smallest absolute Gasteiger partial charge is 0.870 e. The average Bonchev–Trinajstić information content (AvgIpc) is 2.77. The molecule has 0 bridgehead atoms. The van der Waals surface area contributed by atoms with Gasteiger partial charge in [0.15, 0.2) is 0 Å². The van der Waals surface area contributed by atoms with E-state index in [1.165, 1.54) is 64.2 Å². The van der Waals surface area contributed by atoms with Gasteiger partial charge in [-0.05, 0) is 53.6 Å². The van der Waals surface area contributed by atoms with E-state index in [0.717, 1.165) is 54.0 Å². The van der Waals surface area contributed by atoms with Crippen molar-refractivity contribution in [1.29, 1.82) is 0 Å². The summed E-state index contributed by atoms with van der Waals surface area (Å²) in [5.74, 6) is 0. The molecule has 0 atom stereocenters. The van der Waals surface area contributed by atoms with Gasteiger partial charge in [-0.25, -0.2) is 8.42 Å². The third kappa shape index (κ3) is 11.9. The van der Waals surface area contributed by atoms with Crippen LogP contribution in [0.15, 0.2) is 35.2 Å². The fourth-order valence-corrected chi connectivity index (χ4v) is 5.50. The number of fused-ring (bicyclic) bond motifs is 1. The Kier molecular flexibility index (Phi) is 19.4. The maximum Gasteiger partial charge on any atom is 2.00 e. The molecule has 0 saturated carbocycles. The van der Waals surface area contributed by atoms with Crippen LogP contribution in [0.3, 0.4) is 0 Å². The van der Waals surface area contributed by atoms with Gasteiger partial charge in [0.2, 0.25) is 0 Å². The molecule has 6 heteroatoms. The minimum atomic E-state index is -4.50. The Balaban J connectivity index is 0.00000544. The largest absolute Gasteiger partial charge is 2.00 e. The monoisotopic (exact) mass is 614 g/mol. The van der Waals surface area contributed by atoms with Crippen molar-refractivity contribution >= 4 is 69.8 Å². The summed E-state index contributed by atoms with van der Waals surface area (Å²) in [6, 6.07) is 9.74. The molecule has 0 aromatic heterocycles. The van der Waals surface area contributed by atoms with Gasteiger partial charge in [-0.1, -0.05) is 115 Å². The Morgan fingerprint density at radius 1 is 0.676 bits per heavy atom. The molecule has 4 nitrogen and oxygen atoms in total. The van der Waals surface area contributed by atoms with Crippen molar-refractivity contribution in [2.75, 3.05) is 0 Å². The van der Waals surface area contributed by atoms with E-state index in [1.807, 2.05) is 18.2 Å². The molecule has 0 spiro atoms. The van der Waals surface area contributed by atoms with E-state index in [4.69, 9.17) is 0 Å². The molecule has 188 valence electrons. The zero-order valence-electron chi connectivity index (χ0n) is 21.5. The number of rotatable bonds is 17. The van der Waals surface area contributed by atoms with Crippen molar-refractivity contribution in [3.8, 4) is 0 Å². The van der Waals surface area contributed by atoms with E-state index in [1.54, 1.807) is 6.07 Å². The van der Waals surface area contributed by atoms with Crippen molar-refractivity contribution in [2.24, 2.45) is 0 Å². The van der Waals surface area contributed by atoms with Crippen LogP contribution in [0.25, 0.3) is 10.8 Å². The van der Waals surface area contributed by atoms with E-state index in [9.17, 15) is 13.0 Å². The van der Waals surface area contributed by atoms with Gasteiger partial charge in [-0.2, -0.15) is 0 Å². The number of hydrogen-bond donors (Lipinski definition) is 0. The molecule has 1 N–H and O–H groups in total. The summed E-state index contributed by atoms with van der Waals surface area (Å²) in [5.41, 5.74) is 1.74. The predicted octanol–water partition coefficient (Wildman–Crippen LogP) is 7.77. The maximum atomic E-state index is 12.2. The second kappa shape index (κ2) is 19.3. The maximum absolute atomic E-state index is 12.2. The summed E-state index contributed by atoms with van der Waals surface area (Å²) in [7, 11) is -4.50. The van der Waals surface area contributed by atoms with Gasteiger partial charge in [-0.15, -0.1) is 0 Å². The molecule has 34 heavy (non-hydrogen) atoms. The molecule has 0 aliphatic rings. The van der Waals surface area contributed by atoms with Gasteiger partial charge < -0.3 is 10.0 Å². The first-order valence-electron chi connectivity index (χ1n) is 13.0. The fourth-order valence-electron chi connectivity index (χ4n) is 4.70. The molecule has 0 heterocycles. The van der Waals surface area contributed by atoms with Gasteiger partial charge in [0.1, 0.15) is 10.1 Å². The number of aryl methyl sites for hydroxylation is 2. The quantitative estimate of drug-likeness (QED) is 0.104. The summed E-state index contributed by atoms with van der Waals surface area (Å²) < 4.78 is 36.5. The van der Waals surface area contributed by atoms with E-state index in [0.29, 0.717) is 6.42 Å². The summed E-state index contributed by atoms with van der Waals surface area (Å²) in [6.07, 6.45) is 18.2. The van der Waals surface area contributed by atoms with Crippen molar-refractivity contribution in [3.05, 3.63) is 41.5 Å². The van der Waals surface area contributed by atoms with Crippen LogP contribution in [0.2, 0.25) is 0 Å². The Hall–Kier alpha value is 0.141. The normalized spacial score (nSPS) is 11.3. The molecule has 0 aliphatic heterocycles. The first-order chi connectivity index (χ1) is 15.5. The van der Waals surface area contributed by atoms with Gasteiger partial charge in [-0.3, -0.25) is 0 Å².